The zero-order valence-electron chi connectivity index (χ0n) is 61.5. The number of carbonyl (C=O) groups is 1. The molecular weight excluding hydrogens is 1170 g/mol. The van der Waals surface area contributed by atoms with E-state index >= 15 is 0 Å². The lowest BCUT2D eigenvalue weighted by atomic mass is 9.76. The van der Waals surface area contributed by atoms with Gasteiger partial charge in [-0.1, -0.05) is 61.1 Å². The Labute approximate surface area is 552 Å². The van der Waals surface area contributed by atoms with Crippen molar-refractivity contribution < 1.29 is 19.2 Å². The Morgan fingerprint density at radius 1 is 0.640 bits per heavy atom. The van der Waals surface area contributed by atoms with Crippen molar-refractivity contribution in [1.29, 1.82) is 0 Å². The Balaban J connectivity index is 0.00000114. The highest BCUT2D eigenvalue weighted by Crippen LogP contribution is 2.38. The van der Waals surface area contributed by atoms with Crippen molar-refractivity contribution in [3.05, 3.63) is 154 Å². The van der Waals surface area contributed by atoms with E-state index in [0.717, 1.165) is 61.8 Å². The summed E-state index contributed by atoms with van der Waals surface area (Å²) in [5.41, 5.74) is 27.3. The summed E-state index contributed by atoms with van der Waals surface area (Å²) in [4.78, 5) is 22.9. The molecule has 0 bridgehead atoms. The summed E-state index contributed by atoms with van der Waals surface area (Å²) in [5.74, 6) is 0.945. The number of pyridine rings is 1. The maximum Gasteiger partial charge on any atom is 0.496 e. The van der Waals surface area contributed by atoms with Crippen molar-refractivity contribution in [2.45, 2.75) is 272 Å². The molecule has 14 heteroatoms. The highest BCUT2D eigenvalue weighted by Gasteiger charge is 2.53. The first-order valence-corrected chi connectivity index (χ1v) is 33.6. The van der Waals surface area contributed by atoms with Gasteiger partial charge < -0.3 is 47.9 Å². The molecular formula is C75H126BBrN8O4. The summed E-state index contributed by atoms with van der Waals surface area (Å²) >= 11 is 3.57. The van der Waals surface area contributed by atoms with E-state index in [1.165, 1.54) is 111 Å². The van der Waals surface area contributed by atoms with E-state index in [2.05, 4.69) is 246 Å². The molecule has 3 N–H and O–H groups in total. The minimum atomic E-state index is -0.279. The Bertz CT molecular complexity index is 3230. The number of halogens is 1. The van der Waals surface area contributed by atoms with Crippen LogP contribution in [0.4, 0.5) is 5.82 Å². The van der Waals surface area contributed by atoms with Crippen LogP contribution in [-0.4, -0.2) is 77.8 Å². The van der Waals surface area contributed by atoms with Gasteiger partial charge in [0.25, 0.3) is 5.91 Å². The van der Waals surface area contributed by atoms with Crippen LogP contribution in [0.15, 0.2) is 46.9 Å². The lowest BCUT2D eigenvalue weighted by molar-refractivity contribution is 0.00578. The monoisotopic (exact) mass is 1290 g/mol. The van der Waals surface area contributed by atoms with Crippen LogP contribution in [0.5, 0.6) is 0 Å². The van der Waals surface area contributed by atoms with E-state index in [4.69, 9.17) is 19.4 Å². The normalized spacial score (nSPS) is 12.9. The SMILES string of the molecule is C.CC.CC.CC.CCO.CCn1c(C)c(C)c(-c2ccc(N3CCc4cccc(C(=O)NC)c4C3)nc2C)c1C.CCn1c(C)c(C)c(B2OC(C)(C)C(C)(C)O2)c1C.CCn1c(C)c(C)c(Br)c1C.CCn1c(C)cc(C)c1C.Cc1cc(C)c(C)[nH]1. The molecule has 7 aromatic rings. The molecule has 0 atom stereocenters. The predicted octanol–water partition coefficient (Wildman–Crippen LogP) is 18.7. The average Bonchev–Trinajstić information content (AvgIpc) is 1.88. The van der Waals surface area contributed by atoms with Gasteiger partial charge in [-0.2, -0.15) is 0 Å². The molecule has 6 aromatic heterocycles. The molecule has 89 heavy (non-hydrogen) atoms. The van der Waals surface area contributed by atoms with Gasteiger partial charge in [0, 0.05) is 142 Å². The van der Waals surface area contributed by atoms with E-state index in [-0.39, 0.29) is 38.3 Å². The first kappa shape index (κ1) is 83.5. The predicted molar refractivity (Wildman–Crippen MR) is 392 cm³/mol. The third-order valence-corrected chi connectivity index (χ3v) is 18.8. The van der Waals surface area contributed by atoms with E-state index in [1.54, 1.807) is 14.0 Å². The van der Waals surface area contributed by atoms with Crippen LogP contribution in [0.2, 0.25) is 0 Å². The number of aliphatic hydroxyl groups excluding tert-OH is 1. The van der Waals surface area contributed by atoms with Crippen molar-refractivity contribution in [1.82, 2.24) is 33.6 Å². The highest BCUT2D eigenvalue weighted by molar-refractivity contribution is 9.10. The number of nitrogens with zero attached hydrogens (tertiary/aromatic N) is 6. The Morgan fingerprint density at radius 2 is 1.12 bits per heavy atom. The molecule has 1 aromatic carbocycles. The maximum atomic E-state index is 12.4. The molecule has 0 saturated carbocycles. The molecule has 0 unspecified atom stereocenters. The van der Waals surface area contributed by atoms with Crippen LogP contribution in [-0.2, 0) is 48.5 Å². The van der Waals surface area contributed by atoms with Gasteiger partial charge in [-0.25, -0.2) is 4.98 Å². The second-order valence-electron chi connectivity index (χ2n) is 23.2. The molecule has 1 fully saturated rings. The number of aryl methyl sites for hydroxylation is 6. The van der Waals surface area contributed by atoms with Crippen LogP contribution in [0.25, 0.3) is 11.1 Å². The number of aromatic amines is 1. The summed E-state index contributed by atoms with van der Waals surface area (Å²) in [6, 6.07) is 14.8. The molecule has 12 nitrogen and oxygen atoms in total. The topological polar surface area (TPSA) is 119 Å². The van der Waals surface area contributed by atoms with Gasteiger partial charge in [0.2, 0.25) is 0 Å². The quantitative estimate of drug-likeness (QED) is 0.130. The largest absolute Gasteiger partial charge is 0.496 e. The number of amides is 1. The van der Waals surface area contributed by atoms with Crippen LogP contribution < -0.4 is 15.7 Å². The van der Waals surface area contributed by atoms with Crippen molar-refractivity contribution in [3.63, 3.8) is 0 Å². The third-order valence-electron chi connectivity index (χ3n) is 17.6. The number of hydrogen-bond donors (Lipinski definition) is 3. The zero-order valence-corrected chi connectivity index (χ0v) is 63.1. The highest BCUT2D eigenvalue weighted by atomic mass is 79.9. The minimum absolute atomic E-state index is 0. The number of H-pyrrole nitrogens is 1. The standard InChI is InChI=1S/C26H32N4O.C15H26BNO2.C9H14BrN.C9H15N.C7H11N.C2H6O.3C2H6.CH4/c1-7-30-18(4)16(2)25(19(30)5)21-11-12-24(28-17(21)3)29-14-13-20-9-8-10-22(23(20)15-29)26(31)27-6;1-9-17-11(3)10(2)13(12(17)4)16-18-14(5,6)15(7,8)19-16;1-5-11-7(3)6(2)9(10)8(11)4;1-5-10-8(3)6-7(2)9(10)4;1-5-4-6(2)8-7(5)3;1-2-3;3*1-2;/h8-12H,7,13-15H2,1-6H3,(H,27,31);9H2,1-8H3;5H2,1-4H3;6H,5H2,1-4H3;4,8H,1-3H3;3H,2H2,1H3;3*1-2H3;1H4. The molecule has 1 amide bonds. The number of rotatable bonds is 8. The van der Waals surface area contributed by atoms with E-state index in [1.807, 2.05) is 53.7 Å². The van der Waals surface area contributed by atoms with Gasteiger partial charge in [0.15, 0.2) is 0 Å². The fraction of sp³-hybridized carbons (Fsp3) is 0.573. The molecule has 2 aliphatic heterocycles. The van der Waals surface area contributed by atoms with Crippen LogP contribution >= 0.6 is 15.9 Å². The molecule has 500 valence electrons. The van der Waals surface area contributed by atoms with Crippen LogP contribution in [0.3, 0.4) is 0 Å². The molecule has 0 aliphatic carbocycles. The van der Waals surface area contributed by atoms with E-state index < -0.39 is 0 Å². The Morgan fingerprint density at radius 3 is 1.48 bits per heavy atom. The summed E-state index contributed by atoms with van der Waals surface area (Å²) in [6.45, 7) is 71.2. The molecule has 2 aliphatic rings. The summed E-state index contributed by atoms with van der Waals surface area (Å²) in [5, 5.41) is 10.3. The number of nitrogens with one attached hydrogen (secondary N) is 2. The number of fused-ring (bicyclic) bond motifs is 1. The second kappa shape index (κ2) is 38.3. The zero-order chi connectivity index (χ0) is 68.0. The minimum Gasteiger partial charge on any atom is -0.399 e. The molecule has 0 spiro atoms. The number of anilines is 1. The van der Waals surface area contributed by atoms with E-state index in [9.17, 15) is 4.79 Å². The molecule has 0 radical (unpaired) electrons. The lowest BCUT2D eigenvalue weighted by Crippen LogP contribution is -2.41. The first-order valence-electron chi connectivity index (χ1n) is 32.8. The van der Waals surface area contributed by atoms with E-state index in [0.29, 0.717) is 6.54 Å². The summed E-state index contributed by atoms with van der Waals surface area (Å²) in [7, 11) is 1.43. The summed E-state index contributed by atoms with van der Waals surface area (Å²) in [6.07, 6.45) is 0.916. The van der Waals surface area contributed by atoms with Crippen LogP contribution in [0, 0.1) is 111 Å². The lowest BCUT2D eigenvalue weighted by Gasteiger charge is -2.32. The van der Waals surface area contributed by atoms with Gasteiger partial charge in [0.05, 0.1) is 11.2 Å². The van der Waals surface area contributed by atoms with Gasteiger partial charge in [-0.05, 0) is 265 Å². The number of carbonyl (C=O) groups excluding carboxylic acids is 1. The second-order valence-corrected chi connectivity index (χ2v) is 24.0. The smallest absolute Gasteiger partial charge is 0.399 e. The van der Waals surface area contributed by atoms with Gasteiger partial charge in [-0.3, -0.25) is 4.79 Å². The number of benzene rings is 1. The van der Waals surface area contributed by atoms with Gasteiger partial charge in [0.1, 0.15) is 5.82 Å². The van der Waals surface area contributed by atoms with Crippen molar-refractivity contribution in [2.75, 3.05) is 25.1 Å². The summed E-state index contributed by atoms with van der Waals surface area (Å²) < 4.78 is 23.0. The van der Waals surface area contributed by atoms with Crippen molar-refractivity contribution in [2.24, 2.45) is 0 Å². The Kier molecular flexibility index (Phi) is 36.0. The number of aromatic nitrogens is 6. The van der Waals surface area contributed by atoms with Gasteiger partial charge >= 0.3 is 7.12 Å². The first-order chi connectivity index (χ1) is 41.4. The van der Waals surface area contributed by atoms with Gasteiger partial charge in [-0.15, -0.1) is 0 Å². The fourth-order valence-electron chi connectivity index (χ4n) is 11.7. The van der Waals surface area contributed by atoms with Crippen molar-refractivity contribution >= 4 is 40.2 Å². The van der Waals surface area contributed by atoms with Crippen LogP contribution in [0.1, 0.15) is 223 Å². The maximum absolute atomic E-state index is 12.4. The number of hydrogen-bond acceptors (Lipinski definition) is 6. The number of aliphatic hydroxyl groups is 1. The van der Waals surface area contributed by atoms with Crippen molar-refractivity contribution in [3.8, 4) is 11.1 Å². The average molecular weight is 1290 g/mol. The third kappa shape index (κ3) is 20.0. The fourth-order valence-corrected chi connectivity index (χ4v) is 12.2. The Hall–Kier alpha value is -5.54. The molecule has 1 saturated heterocycles. The molecule has 9 rings (SSSR count). The molecule has 8 heterocycles.